The predicted molar refractivity (Wildman–Crippen MR) is 62.7 cm³/mol. The summed E-state index contributed by atoms with van der Waals surface area (Å²) in [6.07, 6.45) is 0.747. The number of benzene rings is 1. The Balaban J connectivity index is 3.08. The third kappa shape index (κ3) is 3.19. The molecule has 0 saturated carbocycles. The van der Waals surface area contributed by atoms with Crippen molar-refractivity contribution in [1.29, 1.82) is 0 Å². The van der Waals surface area contributed by atoms with Gasteiger partial charge in [-0.05, 0) is 24.1 Å². The molecule has 0 aliphatic heterocycles. The van der Waals surface area contributed by atoms with E-state index in [9.17, 15) is 13.5 Å². The molecule has 1 rings (SSSR count). The number of sulfone groups is 1. The van der Waals surface area contributed by atoms with Crippen molar-refractivity contribution >= 4 is 15.5 Å². The smallest absolute Gasteiger partial charge is 0.177 e. The molecule has 16 heavy (non-hydrogen) atoms. The minimum absolute atomic E-state index is 0.0919. The van der Waals surface area contributed by atoms with Gasteiger partial charge in [0.1, 0.15) is 0 Å². The monoisotopic (exact) mass is 244 g/mol. The Kier molecular flexibility index (Phi) is 3.90. The SMILES string of the molecule is CS(=O)(=O)c1cc(CC(O)CN)ccc1N. The van der Waals surface area contributed by atoms with E-state index in [1.165, 1.54) is 12.1 Å². The predicted octanol–water partition coefficient (Wildman–Crippen LogP) is -0.466. The quantitative estimate of drug-likeness (QED) is 0.621. The number of hydrogen-bond acceptors (Lipinski definition) is 5. The summed E-state index contributed by atoms with van der Waals surface area (Å²) in [5.41, 5.74) is 11.8. The van der Waals surface area contributed by atoms with Crippen LogP contribution in [0.2, 0.25) is 0 Å². The zero-order valence-corrected chi connectivity index (χ0v) is 9.87. The van der Waals surface area contributed by atoms with Gasteiger partial charge in [-0.3, -0.25) is 0 Å². The van der Waals surface area contributed by atoms with E-state index in [2.05, 4.69) is 0 Å². The van der Waals surface area contributed by atoms with Gasteiger partial charge < -0.3 is 16.6 Å². The lowest BCUT2D eigenvalue weighted by Crippen LogP contribution is -2.22. The molecule has 6 heteroatoms. The van der Waals surface area contributed by atoms with Crippen molar-refractivity contribution in [3.63, 3.8) is 0 Å². The molecule has 5 nitrogen and oxygen atoms in total. The summed E-state index contributed by atoms with van der Waals surface area (Å²) in [6, 6.07) is 4.68. The lowest BCUT2D eigenvalue weighted by Gasteiger charge is -2.10. The highest BCUT2D eigenvalue weighted by Crippen LogP contribution is 2.20. The maximum Gasteiger partial charge on any atom is 0.177 e. The van der Waals surface area contributed by atoms with Gasteiger partial charge in [0.05, 0.1) is 16.7 Å². The molecule has 0 bridgehead atoms. The first-order valence-corrected chi connectivity index (χ1v) is 6.70. The van der Waals surface area contributed by atoms with Crippen molar-refractivity contribution in [3.05, 3.63) is 23.8 Å². The summed E-state index contributed by atoms with van der Waals surface area (Å²) in [7, 11) is -3.34. The van der Waals surface area contributed by atoms with Gasteiger partial charge in [0.15, 0.2) is 9.84 Å². The molecule has 0 amide bonds. The van der Waals surface area contributed by atoms with Gasteiger partial charge >= 0.3 is 0 Å². The van der Waals surface area contributed by atoms with E-state index in [1.807, 2.05) is 0 Å². The first kappa shape index (κ1) is 13.0. The Morgan fingerprint density at radius 3 is 2.56 bits per heavy atom. The van der Waals surface area contributed by atoms with Crippen LogP contribution < -0.4 is 11.5 Å². The normalized spacial score (nSPS) is 13.7. The van der Waals surface area contributed by atoms with Crippen LogP contribution in [0.15, 0.2) is 23.1 Å². The second-order valence-corrected chi connectivity index (χ2v) is 5.72. The summed E-state index contributed by atoms with van der Waals surface area (Å²) in [5.74, 6) is 0. The van der Waals surface area contributed by atoms with Crippen molar-refractivity contribution in [2.24, 2.45) is 5.73 Å². The van der Waals surface area contributed by atoms with Gasteiger partial charge in [0, 0.05) is 12.8 Å². The van der Waals surface area contributed by atoms with Gasteiger partial charge in [0.25, 0.3) is 0 Å². The molecule has 1 atom stereocenters. The summed E-state index contributed by atoms with van der Waals surface area (Å²) >= 11 is 0. The summed E-state index contributed by atoms with van der Waals surface area (Å²) < 4.78 is 22.8. The van der Waals surface area contributed by atoms with Gasteiger partial charge in [-0.2, -0.15) is 0 Å². The number of anilines is 1. The highest BCUT2D eigenvalue weighted by molar-refractivity contribution is 7.90. The van der Waals surface area contributed by atoms with Crippen LogP contribution in [-0.4, -0.2) is 32.4 Å². The average molecular weight is 244 g/mol. The molecule has 90 valence electrons. The maximum absolute atomic E-state index is 11.4. The average Bonchev–Trinajstić information content (AvgIpc) is 2.19. The fourth-order valence-corrected chi connectivity index (χ4v) is 2.24. The van der Waals surface area contributed by atoms with E-state index in [0.717, 1.165) is 6.26 Å². The topological polar surface area (TPSA) is 106 Å². The lowest BCUT2D eigenvalue weighted by atomic mass is 10.1. The second kappa shape index (κ2) is 4.82. The van der Waals surface area contributed by atoms with Crippen molar-refractivity contribution in [2.75, 3.05) is 18.5 Å². The fourth-order valence-electron chi connectivity index (χ4n) is 1.38. The van der Waals surface area contributed by atoms with Gasteiger partial charge in [0.2, 0.25) is 0 Å². The van der Waals surface area contributed by atoms with Crippen LogP contribution in [0.25, 0.3) is 0 Å². The number of rotatable bonds is 4. The molecule has 0 heterocycles. The molecule has 0 aliphatic carbocycles. The van der Waals surface area contributed by atoms with Crippen LogP contribution in [-0.2, 0) is 16.3 Å². The van der Waals surface area contributed by atoms with Crippen LogP contribution in [0.1, 0.15) is 5.56 Å². The first-order valence-electron chi connectivity index (χ1n) is 4.81. The summed E-state index contributed by atoms with van der Waals surface area (Å²) in [4.78, 5) is 0.0919. The van der Waals surface area contributed by atoms with E-state index >= 15 is 0 Å². The molecule has 1 unspecified atom stereocenters. The van der Waals surface area contributed by atoms with Crippen LogP contribution in [0.5, 0.6) is 0 Å². The number of hydrogen-bond donors (Lipinski definition) is 3. The standard InChI is InChI=1S/C10H16N2O3S/c1-16(14,15)10-5-7(2-3-9(10)12)4-8(13)6-11/h2-3,5,8,13H,4,6,11-12H2,1H3. The Morgan fingerprint density at radius 2 is 2.06 bits per heavy atom. The molecule has 0 radical (unpaired) electrons. The van der Waals surface area contributed by atoms with Crippen LogP contribution in [0, 0.1) is 0 Å². The van der Waals surface area contributed by atoms with Crippen molar-refractivity contribution in [3.8, 4) is 0 Å². The van der Waals surface area contributed by atoms with Crippen molar-refractivity contribution < 1.29 is 13.5 Å². The largest absolute Gasteiger partial charge is 0.398 e. The summed E-state index contributed by atoms with van der Waals surface area (Å²) in [6.45, 7) is 0.137. The number of aliphatic hydroxyl groups excluding tert-OH is 1. The highest BCUT2D eigenvalue weighted by Gasteiger charge is 2.13. The van der Waals surface area contributed by atoms with Crippen LogP contribution >= 0.6 is 0 Å². The molecule has 0 aromatic heterocycles. The van der Waals surface area contributed by atoms with E-state index < -0.39 is 15.9 Å². The minimum Gasteiger partial charge on any atom is -0.398 e. The molecular weight excluding hydrogens is 228 g/mol. The van der Waals surface area contributed by atoms with E-state index in [1.54, 1.807) is 6.07 Å². The summed E-state index contributed by atoms with van der Waals surface area (Å²) in [5, 5.41) is 9.37. The number of nitrogens with two attached hydrogens (primary N) is 2. The molecular formula is C10H16N2O3S. The van der Waals surface area contributed by atoms with E-state index in [0.29, 0.717) is 12.0 Å². The maximum atomic E-state index is 11.4. The number of aliphatic hydroxyl groups is 1. The molecule has 5 N–H and O–H groups in total. The molecule has 0 fully saturated rings. The molecule has 1 aromatic rings. The Morgan fingerprint density at radius 1 is 1.44 bits per heavy atom. The third-order valence-corrected chi connectivity index (χ3v) is 3.37. The molecule has 0 aliphatic rings. The Labute approximate surface area is 95.0 Å². The van der Waals surface area contributed by atoms with Crippen molar-refractivity contribution in [2.45, 2.75) is 17.4 Å². The molecule has 0 saturated heterocycles. The minimum atomic E-state index is -3.34. The van der Waals surface area contributed by atoms with Crippen LogP contribution in [0.4, 0.5) is 5.69 Å². The zero-order valence-electron chi connectivity index (χ0n) is 9.05. The zero-order chi connectivity index (χ0) is 12.3. The molecule has 1 aromatic carbocycles. The highest BCUT2D eigenvalue weighted by atomic mass is 32.2. The second-order valence-electron chi connectivity index (χ2n) is 3.74. The Bertz CT molecular complexity index is 471. The number of nitrogen functional groups attached to an aromatic ring is 1. The van der Waals surface area contributed by atoms with Gasteiger partial charge in [-0.25, -0.2) is 8.42 Å². The van der Waals surface area contributed by atoms with Crippen molar-refractivity contribution in [1.82, 2.24) is 0 Å². The van der Waals surface area contributed by atoms with Gasteiger partial charge in [-0.15, -0.1) is 0 Å². The fraction of sp³-hybridized carbons (Fsp3) is 0.400. The van der Waals surface area contributed by atoms with Gasteiger partial charge in [-0.1, -0.05) is 6.07 Å². The van der Waals surface area contributed by atoms with E-state index in [4.69, 9.17) is 11.5 Å². The lowest BCUT2D eigenvalue weighted by molar-refractivity contribution is 0.183. The van der Waals surface area contributed by atoms with Crippen LogP contribution in [0.3, 0.4) is 0 Å². The Hall–Kier alpha value is -1.11. The molecule has 0 spiro atoms. The van der Waals surface area contributed by atoms with E-state index in [-0.39, 0.29) is 17.1 Å². The first-order chi connectivity index (χ1) is 7.34. The third-order valence-electron chi connectivity index (χ3n) is 2.22.